The zero-order chi connectivity index (χ0) is 14.0. The van der Waals surface area contributed by atoms with Gasteiger partial charge in [-0.1, -0.05) is 27.5 Å². The lowest BCUT2D eigenvalue weighted by Gasteiger charge is -2.12. The number of anilines is 1. The quantitative estimate of drug-likeness (QED) is 0.883. The van der Waals surface area contributed by atoms with Gasteiger partial charge in [-0.05, 0) is 49.2 Å². The van der Waals surface area contributed by atoms with Gasteiger partial charge in [0, 0.05) is 21.4 Å². The first-order valence-electron chi connectivity index (χ1n) is 5.67. The molecule has 0 fully saturated rings. The van der Waals surface area contributed by atoms with E-state index in [-0.39, 0.29) is 5.91 Å². The molecule has 19 heavy (non-hydrogen) atoms. The Bertz CT molecular complexity index is 620. The molecule has 1 N–H and O–H groups in total. The van der Waals surface area contributed by atoms with Gasteiger partial charge >= 0.3 is 0 Å². The first-order chi connectivity index (χ1) is 8.97. The number of amides is 1. The summed E-state index contributed by atoms with van der Waals surface area (Å²) in [7, 11) is 0. The second-order valence-corrected chi connectivity index (χ2v) is 5.58. The lowest BCUT2D eigenvalue weighted by Crippen LogP contribution is -2.15. The number of nitrogens with one attached hydrogen (secondary N) is 1. The van der Waals surface area contributed by atoms with Crippen molar-refractivity contribution in [3.63, 3.8) is 0 Å². The summed E-state index contributed by atoms with van der Waals surface area (Å²) in [6.45, 7) is 3.89. The average Bonchev–Trinajstić information content (AvgIpc) is 2.33. The van der Waals surface area contributed by atoms with Crippen LogP contribution in [0.3, 0.4) is 0 Å². The number of hydrogen-bond donors (Lipinski definition) is 1. The van der Waals surface area contributed by atoms with Gasteiger partial charge in [0.1, 0.15) is 5.69 Å². The summed E-state index contributed by atoms with van der Waals surface area (Å²) in [5.41, 5.74) is 3.08. The maximum absolute atomic E-state index is 12.1. The van der Waals surface area contributed by atoms with Crippen LogP contribution < -0.4 is 5.32 Å². The van der Waals surface area contributed by atoms with Crippen LogP contribution in [-0.4, -0.2) is 10.9 Å². The summed E-state index contributed by atoms with van der Waals surface area (Å²) in [5, 5.41) is 3.36. The number of pyridine rings is 1. The summed E-state index contributed by atoms with van der Waals surface area (Å²) in [4.78, 5) is 16.1. The fraction of sp³-hybridized carbons (Fsp3) is 0.143. The minimum absolute atomic E-state index is 0.268. The van der Waals surface area contributed by atoms with Crippen LogP contribution in [0.2, 0.25) is 5.02 Å². The molecule has 5 heteroatoms. The molecule has 1 aromatic carbocycles. The van der Waals surface area contributed by atoms with Crippen molar-refractivity contribution in [2.45, 2.75) is 13.8 Å². The summed E-state index contributed by atoms with van der Waals surface area (Å²) in [6, 6.07) is 7.08. The third-order valence-electron chi connectivity index (χ3n) is 2.69. The second kappa shape index (κ2) is 5.72. The van der Waals surface area contributed by atoms with Gasteiger partial charge in [0.25, 0.3) is 5.91 Å². The Morgan fingerprint density at radius 3 is 2.47 bits per heavy atom. The van der Waals surface area contributed by atoms with Crippen LogP contribution in [0.4, 0.5) is 5.69 Å². The van der Waals surface area contributed by atoms with Crippen molar-refractivity contribution >= 4 is 39.1 Å². The van der Waals surface area contributed by atoms with E-state index in [1.807, 2.05) is 26.0 Å². The number of aromatic nitrogens is 1. The minimum atomic E-state index is -0.268. The van der Waals surface area contributed by atoms with Crippen molar-refractivity contribution in [3.05, 3.63) is 56.8 Å². The molecule has 2 rings (SSSR count). The molecule has 0 bridgehead atoms. The molecule has 0 atom stereocenters. The van der Waals surface area contributed by atoms with Gasteiger partial charge in [-0.2, -0.15) is 0 Å². The first-order valence-corrected chi connectivity index (χ1v) is 6.84. The molecule has 0 saturated carbocycles. The molecule has 0 aliphatic heterocycles. The Hall–Kier alpha value is -1.39. The van der Waals surface area contributed by atoms with Gasteiger partial charge in [-0.15, -0.1) is 0 Å². The van der Waals surface area contributed by atoms with Crippen LogP contribution in [0.5, 0.6) is 0 Å². The molecule has 0 spiro atoms. The molecular weight excluding hydrogens is 328 g/mol. The number of benzene rings is 1. The molecule has 0 radical (unpaired) electrons. The van der Waals surface area contributed by atoms with Crippen LogP contribution in [0.1, 0.15) is 21.6 Å². The third kappa shape index (κ3) is 3.33. The number of halogens is 2. The Balaban J connectivity index is 2.29. The number of aryl methyl sites for hydroxylation is 2. The van der Waals surface area contributed by atoms with E-state index in [4.69, 9.17) is 11.6 Å². The second-order valence-electron chi connectivity index (χ2n) is 4.23. The zero-order valence-electron chi connectivity index (χ0n) is 10.5. The van der Waals surface area contributed by atoms with Gasteiger partial charge in [0.2, 0.25) is 0 Å². The van der Waals surface area contributed by atoms with Crippen molar-refractivity contribution in [2.75, 3.05) is 5.32 Å². The molecule has 98 valence electrons. The van der Waals surface area contributed by atoms with E-state index in [0.29, 0.717) is 10.7 Å². The predicted molar refractivity (Wildman–Crippen MR) is 80.8 cm³/mol. The molecule has 3 nitrogen and oxygen atoms in total. The Labute approximate surface area is 125 Å². The van der Waals surface area contributed by atoms with E-state index in [9.17, 15) is 4.79 Å². The molecule has 2 aromatic rings. The highest BCUT2D eigenvalue weighted by molar-refractivity contribution is 9.10. The van der Waals surface area contributed by atoms with E-state index in [1.54, 1.807) is 12.1 Å². The molecule has 1 aromatic heterocycles. The van der Waals surface area contributed by atoms with Crippen LogP contribution in [0.25, 0.3) is 0 Å². The average molecular weight is 340 g/mol. The van der Waals surface area contributed by atoms with E-state index in [1.165, 1.54) is 6.20 Å². The van der Waals surface area contributed by atoms with Crippen molar-refractivity contribution in [1.29, 1.82) is 0 Å². The van der Waals surface area contributed by atoms with Crippen molar-refractivity contribution in [3.8, 4) is 0 Å². The fourth-order valence-corrected chi connectivity index (χ4v) is 2.66. The van der Waals surface area contributed by atoms with Crippen LogP contribution in [0.15, 0.2) is 34.9 Å². The Morgan fingerprint density at radius 2 is 1.89 bits per heavy atom. The number of rotatable bonds is 2. The molecule has 0 aliphatic rings. The molecule has 1 amide bonds. The highest BCUT2D eigenvalue weighted by Crippen LogP contribution is 2.25. The standard InChI is InChI=1S/C14H12BrClN2O/c1-8-5-10(15)6-9(2)13(8)18-14(19)12-7-11(16)3-4-17-12/h3-7H,1-2H3,(H,18,19). The van der Waals surface area contributed by atoms with Gasteiger partial charge in [-0.3, -0.25) is 9.78 Å². The maximum Gasteiger partial charge on any atom is 0.274 e. The number of carbonyl (C=O) groups is 1. The smallest absolute Gasteiger partial charge is 0.274 e. The fourth-order valence-electron chi connectivity index (χ4n) is 1.81. The number of hydrogen-bond acceptors (Lipinski definition) is 2. The van der Waals surface area contributed by atoms with Crippen LogP contribution in [-0.2, 0) is 0 Å². The minimum Gasteiger partial charge on any atom is -0.320 e. The Morgan fingerprint density at radius 1 is 1.26 bits per heavy atom. The SMILES string of the molecule is Cc1cc(Br)cc(C)c1NC(=O)c1cc(Cl)ccn1. The van der Waals surface area contributed by atoms with Gasteiger partial charge in [0.15, 0.2) is 0 Å². The summed E-state index contributed by atoms with van der Waals surface area (Å²) in [5.74, 6) is -0.268. The molecule has 0 aliphatic carbocycles. The molecule has 0 unspecified atom stereocenters. The monoisotopic (exact) mass is 338 g/mol. The van der Waals surface area contributed by atoms with Gasteiger partial charge in [-0.25, -0.2) is 0 Å². The van der Waals surface area contributed by atoms with Gasteiger partial charge < -0.3 is 5.32 Å². The summed E-state index contributed by atoms with van der Waals surface area (Å²) in [6.07, 6.45) is 1.51. The highest BCUT2D eigenvalue weighted by atomic mass is 79.9. The number of nitrogens with zero attached hydrogens (tertiary/aromatic N) is 1. The maximum atomic E-state index is 12.1. The van der Waals surface area contributed by atoms with E-state index < -0.39 is 0 Å². The topological polar surface area (TPSA) is 42.0 Å². The van der Waals surface area contributed by atoms with E-state index in [2.05, 4.69) is 26.2 Å². The summed E-state index contributed by atoms with van der Waals surface area (Å²) >= 11 is 9.27. The van der Waals surface area contributed by atoms with Gasteiger partial charge in [0.05, 0.1) is 0 Å². The largest absolute Gasteiger partial charge is 0.320 e. The Kier molecular flexibility index (Phi) is 4.22. The van der Waals surface area contributed by atoms with Crippen LogP contribution >= 0.6 is 27.5 Å². The number of carbonyl (C=O) groups excluding carboxylic acids is 1. The molecule has 1 heterocycles. The summed E-state index contributed by atoms with van der Waals surface area (Å²) < 4.78 is 0.987. The van der Waals surface area contributed by atoms with Crippen LogP contribution in [0, 0.1) is 13.8 Å². The highest BCUT2D eigenvalue weighted by Gasteiger charge is 2.11. The molecular formula is C14H12BrClN2O. The first kappa shape index (κ1) is 14.0. The van der Waals surface area contributed by atoms with E-state index in [0.717, 1.165) is 21.3 Å². The lowest BCUT2D eigenvalue weighted by atomic mass is 10.1. The normalized spacial score (nSPS) is 10.3. The van der Waals surface area contributed by atoms with Crippen molar-refractivity contribution in [1.82, 2.24) is 4.98 Å². The van der Waals surface area contributed by atoms with E-state index >= 15 is 0 Å². The lowest BCUT2D eigenvalue weighted by molar-refractivity contribution is 0.102. The van der Waals surface area contributed by atoms with Crippen molar-refractivity contribution < 1.29 is 4.79 Å². The third-order valence-corrected chi connectivity index (χ3v) is 3.38. The van der Waals surface area contributed by atoms with Crippen molar-refractivity contribution in [2.24, 2.45) is 0 Å². The predicted octanol–water partition coefficient (Wildman–Crippen LogP) is 4.37. The molecule has 0 saturated heterocycles. The zero-order valence-corrected chi connectivity index (χ0v) is 12.8.